The van der Waals surface area contributed by atoms with Crippen LogP contribution in [0.1, 0.15) is 18.4 Å². The zero-order valence-corrected chi connectivity index (χ0v) is 11.3. The van der Waals surface area contributed by atoms with E-state index in [1.807, 2.05) is 24.3 Å². The van der Waals surface area contributed by atoms with Gasteiger partial charge in [0.05, 0.1) is 0 Å². The van der Waals surface area contributed by atoms with Gasteiger partial charge >= 0.3 is 5.97 Å². The van der Waals surface area contributed by atoms with Gasteiger partial charge in [0.15, 0.2) is 0 Å². The van der Waals surface area contributed by atoms with Gasteiger partial charge in [0, 0.05) is 12.6 Å². The van der Waals surface area contributed by atoms with Crippen molar-refractivity contribution in [1.29, 1.82) is 0 Å². The highest BCUT2D eigenvalue weighted by Gasteiger charge is 2.04. The fourth-order valence-electron chi connectivity index (χ4n) is 1.72. The molecule has 0 aliphatic rings. The molecule has 0 atom stereocenters. The Morgan fingerprint density at radius 2 is 1.84 bits per heavy atom. The number of carbonyl (C=O) groups is 1. The standard InChI is InChI=1S/C15H15NO2S/c17-15(18-16-12-5-4-10-14(16)19)11-6-9-13-7-2-1-3-8-13/h1-5,7-8,10,12H,6,9,11H2. The lowest BCUT2D eigenvalue weighted by Crippen LogP contribution is -2.20. The van der Waals surface area contributed by atoms with E-state index in [0.29, 0.717) is 11.1 Å². The highest BCUT2D eigenvalue weighted by atomic mass is 32.1. The third-order valence-corrected chi connectivity index (χ3v) is 2.99. The van der Waals surface area contributed by atoms with Crippen molar-refractivity contribution in [3.8, 4) is 0 Å². The Labute approximate surface area is 117 Å². The van der Waals surface area contributed by atoms with Gasteiger partial charge in [-0.2, -0.15) is 4.73 Å². The molecule has 98 valence electrons. The Morgan fingerprint density at radius 3 is 2.58 bits per heavy atom. The van der Waals surface area contributed by atoms with Crippen LogP contribution in [0.3, 0.4) is 0 Å². The fourth-order valence-corrected chi connectivity index (χ4v) is 1.90. The molecule has 0 saturated heterocycles. The highest BCUT2D eigenvalue weighted by molar-refractivity contribution is 7.71. The Hall–Kier alpha value is -1.94. The van der Waals surface area contributed by atoms with Crippen LogP contribution in [0.5, 0.6) is 0 Å². The van der Waals surface area contributed by atoms with Gasteiger partial charge in [0.1, 0.15) is 4.64 Å². The summed E-state index contributed by atoms with van der Waals surface area (Å²) in [6.45, 7) is 0. The zero-order chi connectivity index (χ0) is 13.5. The predicted octanol–water partition coefficient (Wildman–Crippen LogP) is 3.20. The summed E-state index contributed by atoms with van der Waals surface area (Å²) in [4.78, 5) is 16.8. The number of rotatable bonds is 5. The quantitative estimate of drug-likeness (QED) is 0.784. The second-order valence-corrected chi connectivity index (χ2v) is 4.59. The van der Waals surface area contributed by atoms with Crippen molar-refractivity contribution in [3.05, 3.63) is 64.9 Å². The van der Waals surface area contributed by atoms with E-state index in [1.165, 1.54) is 10.3 Å². The molecule has 0 amide bonds. The summed E-state index contributed by atoms with van der Waals surface area (Å²) < 4.78 is 1.80. The molecular weight excluding hydrogens is 258 g/mol. The Bertz CT molecular complexity index is 592. The van der Waals surface area contributed by atoms with E-state index < -0.39 is 0 Å². The van der Waals surface area contributed by atoms with Crippen LogP contribution in [0.15, 0.2) is 54.7 Å². The molecule has 1 aromatic heterocycles. The minimum absolute atomic E-state index is 0.266. The summed E-state index contributed by atoms with van der Waals surface area (Å²) in [6.07, 6.45) is 3.65. The maximum absolute atomic E-state index is 11.7. The summed E-state index contributed by atoms with van der Waals surface area (Å²) in [6, 6.07) is 15.4. The van der Waals surface area contributed by atoms with Crippen LogP contribution in [0.4, 0.5) is 0 Å². The van der Waals surface area contributed by atoms with Gasteiger partial charge in [-0.1, -0.05) is 48.6 Å². The van der Waals surface area contributed by atoms with Crippen LogP contribution in [-0.4, -0.2) is 10.7 Å². The largest absolute Gasteiger partial charge is 0.336 e. The summed E-state index contributed by atoms with van der Waals surface area (Å²) in [5, 5.41) is 0. The first-order chi connectivity index (χ1) is 9.25. The van der Waals surface area contributed by atoms with Crippen molar-refractivity contribution < 1.29 is 9.63 Å². The van der Waals surface area contributed by atoms with Gasteiger partial charge in [-0.3, -0.25) is 0 Å². The number of benzene rings is 1. The molecule has 0 N–H and O–H groups in total. The predicted molar refractivity (Wildman–Crippen MR) is 76.2 cm³/mol. The van der Waals surface area contributed by atoms with E-state index in [4.69, 9.17) is 17.1 Å². The monoisotopic (exact) mass is 273 g/mol. The minimum Gasteiger partial charge on any atom is -0.336 e. The second-order valence-electron chi connectivity index (χ2n) is 4.17. The molecule has 0 spiro atoms. The van der Waals surface area contributed by atoms with Crippen molar-refractivity contribution in [1.82, 2.24) is 4.73 Å². The number of nitrogens with zero attached hydrogens (tertiary/aromatic N) is 1. The summed E-state index contributed by atoms with van der Waals surface area (Å²) in [7, 11) is 0. The number of carbonyl (C=O) groups excluding carboxylic acids is 1. The molecule has 0 bridgehead atoms. The molecule has 0 aliphatic carbocycles. The molecule has 0 saturated carbocycles. The van der Waals surface area contributed by atoms with Crippen molar-refractivity contribution in [2.45, 2.75) is 19.3 Å². The molecule has 4 heteroatoms. The fraction of sp³-hybridized carbons (Fsp3) is 0.200. The maximum Gasteiger partial charge on any atom is 0.332 e. The Morgan fingerprint density at radius 1 is 1.11 bits per heavy atom. The highest BCUT2D eigenvalue weighted by Crippen LogP contribution is 2.04. The van der Waals surface area contributed by atoms with Crippen molar-refractivity contribution in [3.63, 3.8) is 0 Å². The Balaban J connectivity index is 1.79. The van der Waals surface area contributed by atoms with Crippen LogP contribution >= 0.6 is 12.2 Å². The number of aromatic nitrogens is 1. The first kappa shape index (κ1) is 13.5. The molecular formula is C15H15NO2S. The average Bonchev–Trinajstić information content (AvgIpc) is 2.43. The molecule has 0 aliphatic heterocycles. The molecule has 0 unspecified atom stereocenters. The van der Waals surface area contributed by atoms with E-state index in [2.05, 4.69) is 12.1 Å². The van der Waals surface area contributed by atoms with Gasteiger partial charge in [0.25, 0.3) is 0 Å². The lowest BCUT2D eigenvalue weighted by atomic mass is 10.1. The van der Waals surface area contributed by atoms with E-state index in [-0.39, 0.29) is 5.97 Å². The van der Waals surface area contributed by atoms with Crippen LogP contribution in [0, 0.1) is 4.64 Å². The van der Waals surface area contributed by atoms with Crippen molar-refractivity contribution in [2.24, 2.45) is 0 Å². The Kier molecular flexibility index (Phi) is 4.86. The molecule has 1 heterocycles. The number of pyridine rings is 1. The smallest absolute Gasteiger partial charge is 0.332 e. The molecule has 19 heavy (non-hydrogen) atoms. The van der Waals surface area contributed by atoms with Crippen molar-refractivity contribution >= 4 is 18.2 Å². The molecule has 0 radical (unpaired) electrons. The zero-order valence-electron chi connectivity index (χ0n) is 10.5. The van der Waals surface area contributed by atoms with Crippen LogP contribution in [-0.2, 0) is 11.2 Å². The molecule has 0 fully saturated rings. The summed E-state index contributed by atoms with van der Waals surface area (Å²) in [5.41, 5.74) is 1.23. The first-order valence-corrected chi connectivity index (χ1v) is 6.59. The lowest BCUT2D eigenvalue weighted by Gasteiger charge is -2.06. The van der Waals surface area contributed by atoms with Crippen LogP contribution < -0.4 is 4.84 Å². The van der Waals surface area contributed by atoms with Gasteiger partial charge in [-0.15, -0.1) is 0 Å². The maximum atomic E-state index is 11.7. The van der Waals surface area contributed by atoms with Gasteiger partial charge < -0.3 is 4.84 Å². The number of hydrogen-bond acceptors (Lipinski definition) is 3. The number of hydrogen-bond donors (Lipinski definition) is 0. The summed E-state index contributed by atoms with van der Waals surface area (Å²) in [5.74, 6) is -0.266. The van der Waals surface area contributed by atoms with E-state index in [0.717, 1.165) is 12.8 Å². The SMILES string of the molecule is O=C(CCCc1ccccc1)On1ccccc1=S. The molecule has 2 rings (SSSR count). The van der Waals surface area contributed by atoms with Crippen LogP contribution in [0.25, 0.3) is 0 Å². The average molecular weight is 273 g/mol. The van der Waals surface area contributed by atoms with E-state index in [1.54, 1.807) is 18.3 Å². The minimum atomic E-state index is -0.266. The first-order valence-electron chi connectivity index (χ1n) is 6.18. The molecule has 2 aromatic rings. The summed E-state index contributed by atoms with van der Waals surface area (Å²) >= 11 is 5.05. The van der Waals surface area contributed by atoms with Gasteiger partial charge in [-0.05, 0) is 30.5 Å². The van der Waals surface area contributed by atoms with E-state index in [9.17, 15) is 4.79 Å². The third-order valence-electron chi connectivity index (χ3n) is 2.68. The molecule has 1 aromatic carbocycles. The third kappa shape index (κ3) is 4.34. The second kappa shape index (κ2) is 6.85. The normalized spacial score (nSPS) is 10.1. The lowest BCUT2D eigenvalue weighted by molar-refractivity contribution is -0.144. The van der Waals surface area contributed by atoms with Crippen LogP contribution in [0.2, 0.25) is 0 Å². The topological polar surface area (TPSA) is 31.2 Å². The molecule has 3 nitrogen and oxygen atoms in total. The number of aryl methyl sites for hydroxylation is 1. The van der Waals surface area contributed by atoms with Gasteiger partial charge in [-0.25, -0.2) is 4.79 Å². The van der Waals surface area contributed by atoms with E-state index >= 15 is 0 Å². The van der Waals surface area contributed by atoms with Crippen molar-refractivity contribution in [2.75, 3.05) is 0 Å². The van der Waals surface area contributed by atoms with Gasteiger partial charge in [0.2, 0.25) is 0 Å².